The summed E-state index contributed by atoms with van der Waals surface area (Å²) in [4.78, 5) is 8.24. The van der Waals surface area contributed by atoms with Gasteiger partial charge in [-0.1, -0.05) is 0 Å². The molecule has 5 nitrogen and oxygen atoms in total. The Morgan fingerprint density at radius 3 is 2.67 bits per heavy atom. The number of ether oxygens (including phenoxy) is 2. The van der Waals surface area contributed by atoms with Gasteiger partial charge in [0.15, 0.2) is 0 Å². The van der Waals surface area contributed by atoms with E-state index in [1.165, 1.54) is 0 Å². The standard InChI is InChI=1S/C10H17N3O2/c1-7(6-11-3)15-10-5-9(14-4)12-8(2)13-10/h5,7,11H,6H2,1-4H3. The van der Waals surface area contributed by atoms with Crippen LogP contribution < -0.4 is 14.8 Å². The molecule has 0 spiro atoms. The van der Waals surface area contributed by atoms with Gasteiger partial charge < -0.3 is 14.8 Å². The van der Waals surface area contributed by atoms with Crippen molar-refractivity contribution in [3.63, 3.8) is 0 Å². The zero-order valence-electron chi connectivity index (χ0n) is 9.57. The van der Waals surface area contributed by atoms with E-state index >= 15 is 0 Å². The third-order valence-corrected chi connectivity index (χ3v) is 1.81. The molecule has 5 heteroatoms. The molecule has 0 bridgehead atoms. The predicted molar refractivity (Wildman–Crippen MR) is 57.3 cm³/mol. The highest BCUT2D eigenvalue weighted by Crippen LogP contribution is 2.15. The lowest BCUT2D eigenvalue weighted by Gasteiger charge is -2.13. The molecule has 1 aromatic rings. The summed E-state index contributed by atoms with van der Waals surface area (Å²) in [6.07, 6.45) is 0.0639. The summed E-state index contributed by atoms with van der Waals surface area (Å²) >= 11 is 0. The van der Waals surface area contributed by atoms with Gasteiger partial charge in [0.05, 0.1) is 13.2 Å². The number of hydrogen-bond donors (Lipinski definition) is 1. The quantitative estimate of drug-likeness (QED) is 0.780. The average Bonchev–Trinajstić information content (AvgIpc) is 2.17. The van der Waals surface area contributed by atoms with Crippen LogP contribution >= 0.6 is 0 Å². The third-order valence-electron chi connectivity index (χ3n) is 1.81. The Labute approximate surface area is 89.8 Å². The van der Waals surface area contributed by atoms with Gasteiger partial charge in [0.25, 0.3) is 0 Å². The minimum Gasteiger partial charge on any atom is -0.481 e. The predicted octanol–water partition coefficient (Wildman–Crippen LogP) is 0.780. The number of aromatic nitrogens is 2. The largest absolute Gasteiger partial charge is 0.481 e. The van der Waals surface area contributed by atoms with E-state index in [4.69, 9.17) is 9.47 Å². The molecule has 0 amide bonds. The van der Waals surface area contributed by atoms with Crippen molar-refractivity contribution in [2.24, 2.45) is 0 Å². The van der Waals surface area contributed by atoms with Crippen molar-refractivity contribution in [2.75, 3.05) is 20.7 Å². The number of methoxy groups -OCH3 is 1. The van der Waals surface area contributed by atoms with Crippen molar-refractivity contribution < 1.29 is 9.47 Å². The summed E-state index contributed by atoms with van der Waals surface area (Å²) in [5.74, 6) is 1.71. The molecule has 0 aromatic carbocycles. The second kappa shape index (κ2) is 5.50. The first kappa shape index (κ1) is 11.7. The van der Waals surface area contributed by atoms with E-state index in [-0.39, 0.29) is 6.10 Å². The number of aryl methyl sites for hydroxylation is 1. The van der Waals surface area contributed by atoms with E-state index in [2.05, 4.69) is 15.3 Å². The minimum absolute atomic E-state index is 0.0639. The average molecular weight is 211 g/mol. The summed E-state index contributed by atoms with van der Waals surface area (Å²) in [6.45, 7) is 4.55. The van der Waals surface area contributed by atoms with Crippen molar-refractivity contribution in [2.45, 2.75) is 20.0 Å². The minimum atomic E-state index is 0.0639. The molecule has 0 saturated carbocycles. The number of hydrogen-bond acceptors (Lipinski definition) is 5. The SMILES string of the molecule is CNCC(C)Oc1cc(OC)nc(C)n1. The van der Waals surface area contributed by atoms with Gasteiger partial charge >= 0.3 is 0 Å². The fraction of sp³-hybridized carbons (Fsp3) is 0.600. The summed E-state index contributed by atoms with van der Waals surface area (Å²) in [7, 11) is 3.45. The Bertz CT molecular complexity index is 318. The summed E-state index contributed by atoms with van der Waals surface area (Å²) in [5, 5.41) is 3.03. The Hall–Kier alpha value is -1.36. The topological polar surface area (TPSA) is 56.3 Å². The van der Waals surface area contributed by atoms with Crippen LogP contribution in [0.2, 0.25) is 0 Å². The van der Waals surface area contributed by atoms with Crippen molar-refractivity contribution in [1.82, 2.24) is 15.3 Å². The molecule has 1 unspecified atom stereocenters. The first-order valence-corrected chi connectivity index (χ1v) is 4.86. The molecule has 0 radical (unpaired) electrons. The van der Waals surface area contributed by atoms with Crippen LogP contribution in [0, 0.1) is 6.92 Å². The van der Waals surface area contributed by atoms with E-state index in [0.29, 0.717) is 17.6 Å². The number of rotatable bonds is 5. The van der Waals surface area contributed by atoms with Crippen LogP contribution in [0.15, 0.2) is 6.07 Å². The van der Waals surface area contributed by atoms with Crippen LogP contribution in [0.4, 0.5) is 0 Å². The molecular weight excluding hydrogens is 194 g/mol. The monoisotopic (exact) mass is 211 g/mol. The molecule has 1 N–H and O–H groups in total. The van der Waals surface area contributed by atoms with Gasteiger partial charge in [0.1, 0.15) is 11.9 Å². The maximum absolute atomic E-state index is 5.58. The van der Waals surface area contributed by atoms with E-state index in [1.807, 2.05) is 14.0 Å². The van der Waals surface area contributed by atoms with Crippen LogP contribution in [0.5, 0.6) is 11.8 Å². The Morgan fingerprint density at radius 1 is 1.40 bits per heavy atom. The first-order valence-electron chi connectivity index (χ1n) is 4.86. The van der Waals surface area contributed by atoms with Gasteiger partial charge in [-0.15, -0.1) is 0 Å². The fourth-order valence-electron chi connectivity index (χ4n) is 1.21. The summed E-state index contributed by atoms with van der Waals surface area (Å²) in [6, 6.07) is 1.68. The molecule has 1 atom stereocenters. The van der Waals surface area contributed by atoms with Gasteiger partial charge in [0, 0.05) is 6.54 Å². The molecule has 0 aliphatic heterocycles. The second-order valence-corrected chi connectivity index (χ2v) is 3.28. The highest BCUT2D eigenvalue weighted by atomic mass is 16.5. The van der Waals surface area contributed by atoms with Gasteiger partial charge in [-0.25, -0.2) is 0 Å². The molecule has 84 valence electrons. The lowest BCUT2D eigenvalue weighted by Crippen LogP contribution is -2.26. The van der Waals surface area contributed by atoms with Crippen LogP contribution in [-0.2, 0) is 0 Å². The van der Waals surface area contributed by atoms with E-state index in [9.17, 15) is 0 Å². The summed E-state index contributed by atoms with van der Waals surface area (Å²) < 4.78 is 10.6. The first-order chi connectivity index (χ1) is 7.15. The highest BCUT2D eigenvalue weighted by Gasteiger charge is 2.06. The van der Waals surface area contributed by atoms with E-state index < -0.39 is 0 Å². The van der Waals surface area contributed by atoms with Crippen molar-refractivity contribution in [3.05, 3.63) is 11.9 Å². The molecule has 0 saturated heterocycles. The van der Waals surface area contributed by atoms with Crippen LogP contribution in [0.3, 0.4) is 0 Å². The molecule has 1 heterocycles. The lowest BCUT2D eigenvalue weighted by atomic mass is 10.4. The Balaban J connectivity index is 2.71. The highest BCUT2D eigenvalue weighted by molar-refractivity contribution is 5.20. The van der Waals surface area contributed by atoms with Gasteiger partial charge in [0.2, 0.25) is 11.8 Å². The second-order valence-electron chi connectivity index (χ2n) is 3.28. The van der Waals surface area contributed by atoms with E-state index in [1.54, 1.807) is 20.1 Å². The fourth-order valence-corrected chi connectivity index (χ4v) is 1.21. The maximum atomic E-state index is 5.58. The Morgan fingerprint density at radius 2 is 2.07 bits per heavy atom. The van der Waals surface area contributed by atoms with Crippen molar-refractivity contribution in [1.29, 1.82) is 0 Å². The normalized spacial score (nSPS) is 12.3. The number of likely N-dealkylation sites (N-methyl/N-ethyl adjacent to an activating group) is 1. The molecule has 1 aromatic heterocycles. The summed E-state index contributed by atoms with van der Waals surface area (Å²) in [5.41, 5.74) is 0. The molecule has 0 fully saturated rings. The third kappa shape index (κ3) is 3.71. The maximum Gasteiger partial charge on any atom is 0.220 e. The zero-order chi connectivity index (χ0) is 11.3. The van der Waals surface area contributed by atoms with Gasteiger partial charge in [-0.3, -0.25) is 0 Å². The lowest BCUT2D eigenvalue weighted by molar-refractivity contribution is 0.209. The van der Waals surface area contributed by atoms with Crippen LogP contribution in [0.1, 0.15) is 12.7 Å². The Kier molecular flexibility index (Phi) is 4.30. The molecule has 1 rings (SSSR count). The van der Waals surface area contributed by atoms with Crippen molar-refractivity contribution >= 4 is 0 Å². The smallest absolute Gasteiger partial charge is 0.220 e. The van der Waals surface area contributed by atoms with Crippen LogP contribution in [-0.4, -0.2) is 36.8 Å². The molecule has 0 aliphatic rings. The zero-order valence-corrected chi connectivity index (χ0v) is 9.57. The molecule has 15 heavy (non-hydrogen) atoms. The molecular formula is C10H17N3O2. The molecule has 0 aliphatic carbocycles. The van der Waals surface area contributed by atoms with Gasteiger partial charge in [-0.05, 0) is 20.9 Å². The van der Waals surface area contributed by atoms with Crippen molar-refractivity contribution in [3.8, 4) is 11.8 Å². The van der Waals surface area contributed by atoms with Gasteiger partial charge in [-0.2, -0.15) is 9.97 Å². The number of nitrogens with one attached hydrogen (secondary N) is 1. The number of nitrogens with zero attached hydrogens (tertiary/aromatic N) is 2. The van der Waals surface area contributed by atoms with E-state index in [0.717, 1.165) is 6.54 Å². The van der Waals surface area contributed by atoms with Crippen LogP contribution in [0.25, 0.3) is 0 Å².